The Morgan fingerprint density at radius 1 is 1.10 bits per heavy atom. The van der Waals surface area contributed by atoms with Crippen molar-refractivity contribution in [1.82, 2.24) is 5.32 Å². The molecule has 21 heavy (non-hydrogen) atoms. The molecule has 122 valence electrons. The number of hydrogen-bond acceptors (Lipinski definition) is 3. The zero-order valence-corrected chi connectivity index (χ0v) is 14.9. The molecule has 4 aliphatic carbocycles. The first kappa shape index (κ1) is 15.8. The molecule has 0 aromatic carbocycles. The summed E-state index contributed by atoms with van der Waals surface area (Å²) in [5, 5.41) is 3.50. The third-order valence-electron chi connectivity index (χ3n) is 6.53. The summed E-state index contributed by atoms with van der Waals surface area (Å²) in [6.45, 7) is 4.96. The molecule has 0 aliphatic heterocycles. The summed E-state index contributed by atoms with van der Waals surface area (Å²) in [6.07, 6.45) is 10.2. The molecular formula is C17H31NO2S. The highest BCUT2D eigenvalue weighted by atomic mass is 32.2. The fraction of sp³-hybridized carbons (Fsp3) is 1.00. The predicted octanol–water partition coefficient (Wildman–Crippen LogP) is 3.01. The summed E-state index contributed by atoms with van der Waals surface area (Å²) < 4.78 is 23.2. The lowest BCUT2D eigenvalue weighted by molar-refractivity contribution is -0.157. The molecular weight excluding hydrogens is 282 g/mol. The van der Waals surface area contributed by atoms with Crippen molar-refractivity contribution in [3.05, 3.63) is 0 Å². The molecule has 4 rings (SSSR count). The van der Waals surface area contributed by atoms with Gasteiger partial charge in [0.1, 0.15) is 9.84 Å². The van der Waals surface area contributed by atoms with Gasteiger partial charge < -0.3 is 5.32 Å². The van der Waals surface area contributed by atoms with Crippen molar-refractivity contribution in [2.24, 2.45) is 22.2 Å². The maximum atomic E-state index is 11.6. The Morgan fingerprint density at radius 2 is 1.67 bits per heavy atom. The molecule has 0 aromatic rings. The minimum Gasteiger partial charge on any atom is -0.316 e. The van der Waals surface area contributed by atoms with Crippen molar-refractivity contribution in [3.63, 3.8) is 0 Å². The molecule has 0 amide bonds. The molecule has 4 saturated carbocycles. The fourth-order valence-corrected chi connectivity index (χ4v) is 7.68. The van der Waals surface area contributed by atoms with Crippen LogP contribution < -0.4 is 5.32 Å². The second-order valence-electron chi connectivity index (χ2n) is 9.25. The van der Waals surface area contributed by atoms with E-state index in [9.17, 15) is 8.42 Å². The van der Waals surface area contributed by atoms with Crippen LogP contribution in [-0.2, 0) is 9.84 Å². The second-order valence-corrected chi connectivity index (χ2v) is 11.5. The average Bonchev–Trinajstić information content (AvgIpc) is 2.22. The first-order chi connectivity index (χ1) is 9.57. The van der Waals surface area contributed by atoms with Gasteiger partial charge in [-0.05, 0) is 74.2 Å². The van der Waals surface area contributed by atoms with Gasteiger partial charge in [0.2, 0.25) is 0 Å². The quantitative estimate of drug-likeness (QED) is 0.848. The van der Waals surface area contributed by atoms with E-state index in [-0.39, 0.29) is 0 Å². The zero-order chi connectivity index (χ0) is 15.5. The molecule has 4 fully saturated rings. The monoisotopic (exact) mass is 313 g/mol. The Labute approximate surface area is 130 Å². The van der Waals surface area contributed by atoms with Crippen LogP contribution in [0.15, 0.2) is 0 Å². The topological polar surface area (TPSA) is 46.2 Å². The van der Waals surface area contributed by atoms with Crippen molar-refractivity contribution in [2.75, 3.05) is 19.1 Å². The lowest BCUT2D eigenvalue weighted by Gasteiger charge is -2.67. The minimum absolute atomic E-state index is 0.318. The van der Waals surface area contributed by atoms with E-state index in [1.807, 2.05) is 7.05 Å². The summed E-state index contributed by atoms with van der Waals surface area (Å²) in [4.78, 5) is 0. The molecule has 0 saturated heterocycles. The van der Waals surface area contributed by atoms with Gasteiger partial charge in [0.05, 0.1) is 5.75 Å². The van der Waals surface area contributed by atoms with Crippen LogP contribution in [-0.4, -0.2) is 33.5 Å². The standard InChI is InChI=1S/C17H31NO2S/c1-15-7-13-8-16(2,10-15)12-17(9-13,11-15)14(18-3)5-6-21(4,19)20/h13-14,18H,5-12H2,1-4H3. The number of hydrogen-bond donors (Lipinski definition) is 1. The van der Waals surface area contributed by atoms with E-state index in [1.165, 1.54) is 44.8 Å². The molecule has 0 aromatic heterocycles. The molecule has 3 atom stereocenters. The van der Waals surface area contributed by atoms with Gasteiger partial charge >= 0.3 is 0 Å². The van der Waals surface area contributed by atoms with Gasteiger partial charge in [0.25, 0.3) is 0 Å². The Morgan fingerprint density at radius 3 is 2.10 bits per heavy atom. The largest absolute Gasteiger partial charge is 0.316 e. The van der Waals surface area contributed by atoms with Crippen LogP contribution in [0.3, 0.4) is 0 Å². The van der Waals surface area contributed by atoms with E-state index in [1.54, 1.807) is 0 Å². The van der Waals surface area contributed by atoms with Gasteiger partial charge in [-0.1, -0.05) is 13.8 Å². The van der Waals surface area contributed by atoms with Crippen molar-refractivity contribution < 1.29 is 8.42 Å². The van der Waals surface area contributed by atoms with Crippen molar-refractivity contribution in [2.45, 2.75) is 64.8 Å². The highest BCUT2D eigenvalue weighted by Crippen LogP contribution is 2.70. The van der Waals surface area contributed by atoms with Crippen molar-refractivity contribution in [1.29, 1.82) is 0 Å². The third kappa shape index (κ3) is 2.90. The summed E-state index contributed by atoms with van der Waals surface area (Å²) in [7, 11) is -0.847. The minimum atomic E-state index is -2.87. The Kier molecular flexibility index (Phi) is 3.54. The Hall–Kier alpha value is -0.0900. The SMILES string of the molecule is CNC(CCS(C)(=O)=O)C12CC3CC(C)(CC(C)(C3)C1)C2. The van der Waals surface area contributed by atoms with Gasteiger partial charge in [0, 0.05) is 12.3 Å². The average molecular weight is 314 g/mol. The molecule has 0 spiro atoms. The summed E-state index contributed by atoms with van der Waals surface area (Å²) in [5.74, 6) is 1.18. The zero-order valence-electron chi connectivity index (χ0n) is 14.0. The molecule has 1 N–H and O–H groups in total. The van der Waals surface area contributed by atoms with Crippen LogP contribution in [0, 0.1) is 22.2 Å². The molecule has 3 unspecified atom stereocenters. The summed E-state index contributed by atoms with van der Waals surface area (Å²) >= 11 is 0. The van der Waals surface area contributed by atoms with Crippen LogP contribution in [0.5, 0.6) is 0 Å². The van der Waals surface area contributed by atoms with E-state index < -0.39 is 9.84 Å². The predicted molar refractivity (Wildman–Crippen MR) is 87.0 cm³/mol. The number of sulfone groups is 1. The third-order valence-corrected chi connectivity index (χ3v) is 7.51. The van der Waals surface area contributed by atoms with Crippen molar-refractivity contribution in [3.8, 4) is 0 Å². The first-order valence-electron chi connectivity index (χ1n) is 8.42. The van der Waals surface area contributed by atoms with Gasteiger partial charge in [-0.2, -0.15) is 0 Å². The Bertz CT molecular complexity index is 509. The maximum absolute atomic E-state index is 11.6. The normalized spacial score (nSPS) is 46.8. The van der Waals surface area contributed by atoms with Gasteiger partial charge in [-0.15, -0.1) is 0 Å². The second kappa shape index (κ2) is 4.70. The Balaban J connectivity index is 1.85. The van der Waals surface area contributed by atoms with E-state index in [0.717, 1.165) is 12.3 Å². The van der Waals surface area contributed by atoms with Gasteiger partial charge in [-0.3, -0.25) is 0 Å². The van der Waals surface area contributed by atoms with Crippen LogP contribution in [0.25, 0.3) is 0 Å². The van der Waals surface area contributed by atoms with Crippen LogP contribution >= 0.6 is 0 Å². The molecule has 0 heterocycles. The summed E-state index contributed by atoms with van der Waals surface area (Å²) in [5.41, 5.74) is 1.32. The van der Waals surface area contributed by atoms with Crippen LogP contribution in [0.2, 0.25) is 0 Å². The van der Waals surface area contributed by atoms with Crippen molar-refractivity contribution >= 4 is 9.84 Å². The highest BCUT2D eigenvalue weighted by Gasteiger charge is 2.61. The molecule has 4 bridgehead atoms. The maximum Gasteiger partial charge on any atom is 0.147 e. The van der Waals surface area contributed by atoms with E-state index in [4.69, 9.17) is 0 Å². The van der Waals surface area contributed by atoms with E-state index in [2.05, 4.69) is 19.2 Å². The smallest absolute Gasteiger partial charge is 0.147 e. The van der Waals surface area contributed by atoms with E-state index in [0.29, 0.717) is 28.0 Å². The molecule has 0 radical (unpaired) electrons. The number of rotatable bonds is 5. The van der Waals surface area contributed by atoms with Crippen LogP contribution in [0.4, 0.5) is 0 Å². The highest BCUT2D eigenvalue weighted by molar-refractivity contribution is 7.90. The van der Waals surface area contributed by atoms with E-state index >= 15 is 0 Å². The summed E-state index contributed by atoms with van der Waals surface area (Å²) in [6, 6.07) is 0.356. The number of nitrogens with one attached hydrogen (secondary N) is 1. The fourth-order valence-electron chi connectivity index (χ4n) is 7.01. The molecule has 3 nitrogen and oxygen atoms in total. The lowest BCUT2D eigenvalue weighted by Crippen LogP contribution is -2.61. The van der Waals surface area contributed by atoms with Gasteiger partial charge in [-0.25, -0.2) is 8.42 Å². The van der Waals surface area contributed by atoms with Gasteiger partial charge in [0.15, 0.2) is 0 Å². The molecule has 4 aliphatic rings. The lowest BCUT2D eigenvalue weighted by atomic mass is 9.39. The first-order valence-corrected chi connectivity index (χ1v) is 10.5. The van der Waals surface area contributed by atoms with Crippen LogP contribution in [0.1, 0.15) is 58.8 Å². The molecule has 4 heteroatoms.